The van der Waals surface area contributed by atoms with Gasteiger partial charge in [0.25, 0.3) is 0 Å². The van der Waals surface area contributed by atoms with Crippen molar-refractivity contribution in [3.63, 3.8) is 0 Å². The number of benzene rings is 1. The molecule has 0 spiro atoms. The zero-order chi connectivity index (χ0) is 15.3. The Morgan fingerprint density at radius 2 is 1.90 bits per heavy atom. The van der Waals surface area contributed by atoms with E-state index in [1.807, 2.05) is 0 Å². The predicted octanol–water partition coefficient (Wildman–Crippen LogP) is 3.47. The van der Waals surface area contributed by atoms with Crippen LogP contribution in [0.4, 0.5) is 13.2 Å². The minimum absolute atomic E-state index is 0.0659. The van der Waals surface area contributed by atoms with E-state index in [1.54, 1.807) is 6.92 Å². The van der Waals surface area contributed by atoms with Crippen molar-refractivity contribution in [1.82, 2.24) is 0 Å². The highest BCUT2D eigenvalue weighted by atomic mass is 19.4. The number of ether oxygens (including phenoxy) is 2. The van der Waals surface area contributed by atoms with Crippen LogP contribution in [0, 0.1) is 0 Å². The second kappa shape index (κ2) is 6.31. The summed E-state index contributed by atoms with van der Waals surface area (Å²) in [6.07, 6.45) is -3.32. The summed E-state index contributed by atoms with van der Waals surface area (Å²) in [6, 6.07) is 3.58. The van der Waals surface area contributed by atoms with Crippen LogP contribution in [-0.2, 0) is 4.79 Å². The van der Waals surface area contributed by atoms with Crippen molar-refractivity contribution >= 4 is 12.0 Å². The molecule has 0 aromatic heterocycles. The summed E-state index contributed by atoms with van der Waals surface area (Å²) in [6.45, 7) is 1.63. The van der Waals surface area contributed by atoms with Gasteiger partial charge in [-0.2, -0.15) is 0 Å². The Morgan fingerprint density at radius 3 is 2.35 bits per heavy atom. The Kier molecular flexibility index (Phi) is 5.01. The van der Waals surface area contributed by atoms with Gasteiger partial charge in [0.1, 0.15) is 11.5 Å². The fraction of sp³-hybridized carbons (Fsp3) is 0.308. The molecular weight excluding hydrogens is 277 g/mol. The lowest BCUT2D eigenvalue weighted by atomic mass is 10.1. The van der Waals surface area contributed by atoms with E-state index in [0.717, 1.165) is 12.1 Å². The van der Waals surface area contributed by atoms with Gasteiger partial charge < -0.3 is 14.6 Å². The van der Waals surface area contributed by atoms with E-state index < -0.39 is 18.1 Å². The third-order valence-corrected chi connectivity index (χ3v) is 2.37. The summed E-state index contributed by atoms with van der Waals surface area (Å²) in [5, 5.41) is 8.91. The van der Waals surface area contributed by atoms with Crippen molar-refractivity contribution in [3.8, 4) is 11.5 Å². The molecule has 0 aliphatic rings. The van der Waals surface area contributed by atoms with E-state index in [9.17, 15) is 18.0 Å². The minimum atomic E-state index is -4.83. The quantitative estimate of drug-likeness (QED) is 0.844. The Hall–Kier alpha value is -2.18. The number of aliphatic carboxylic acids is 1. The van der Waals surface area contributed by atoms with Crippen molar-refractivity contribution < 1.29 is 32.5 Å². The molecule has 110 valence electrons. The lowest BCUT2D eigenvalue weighted by molar-refractivity contribution is -0.274. The van der Waals surface area contributed by atoms with Gasteiger partial charge in [0, 0.05) is 11.6 Å². The number of halogens is 3. The SMILES string of the molecule is CC/C(=C\c1cc(OC)cc(OC(F)(F)F)c1)C(=O)O. The number of hydrogen-bond donors (Lipinski definition) is 1. The van der Waals surface area contributed by atoms with E-state index >= 15 is 0 Å². The molecule has 1 rings (SSSR count). The molecule has 7 heteroatoms. The number of alkyl halides is 3. The number of carboxylic acid groups (broad SMARTS) is 1. The lowest BCUT2D eigenvalue weighted by Gasteiger charge is -2.11. The molecule has 1 aromatic carbocycles. The first-order valence-corrected chi connectivity index (χ1v) is 5.64. The van der Waals surface area contributed by atoms with Gasteiger partial charge in [0.05, 0.1) is 7.11 Å². The van der Waals surface area contributed by atoms with Gasteiger partial charge in [-0.3, -0.25) is 0 Å². The van der Waals surface area contributed by atoms with Crippen LogP contribution in [0.1, 0.15) is 18.9 Å². The maximum absolute atomic E-state index is 12.2. The normalized spacial score (nSPS) is 12.2. The highest BCUT2D eigenvalue weighted by Gasteiger charge is 2.31. The molecule has 1 N–H and O–H groups in total. The van der Waals surface area contributed by atoms with E-state index in [0.29, 0.717) is 0 Å². The number of carboxylic acids is 1. The first-order valence-electron chi connectivity index (χ1n) is 5.64. The number of hydrogen-bond acceptors (Lipinski definition) is 3. The lowest BCUT2D eigenvalue weighted by Crippen LogP contribution is -2.17. The summed E-state index contributed by atoms with van der Waals surface area (Å²) in [7, 11) is 1.29. The van der Waals surface area contributed by atoms with Crippen molar-refractivity contribution in [2.24, 2.45) is 0 Å². The average molecular weight is 290 g/mol. The van der Waals surface area contributed by atoms with Crippen LogP contribution in [0.25, 0.3) is 6.08 Å². The highest BCUT2D eigenvalue weighted by molar-refractivity contribution is 5.92. The van der Waals surface area contributed by atoms with Crippen LogP contribution in [0.3, 0.4) is 0 Å². The first-order chi connectivity index (χ1) is 9.25. The molecular formula is C13H13F3O4. The smallest absolute Gasteiger partial charge is 0.497 e. The molecule has 4 nitrogen and oxygen atoms in total. The third-order valence-electron chi connectivity index (χ3n) is 2.37. The molecule has 0 aliphatic heterocycles. The summed E-state index contributed by atoms with van der Waals surface area (Å²) in [5.41, 5.74) is 0.319. The molecule has 1 aromatic rings. The standard InChI is InChI=1S/C13H13F3O4/c1-3-9(12(17)18)4-8-5-10(19-2)7-11(6-8)20-13(14,15)16/h4-7H,3H2,1-2H3,(H,17,18)/b9-4+. The maximum Gasteiger partial charge on any atom is 0.573 e. The molecule has 0 fully saturated rings. The predicted molar refractivity (Wildman–Crippen MR) is 65.6 cm³/mol. The number of carbonyl (C=O) groups is 1. The molecule has 0 heterocycles. The zero-order valence-corrected chi connectivity index (χ0v) is 10.8. The Bertz CT molecular complexity index is 521. The minimum Gasteiger partial charge on any atom is -0.497 e. The maximum atomic E-state index is 12.2. The zero-order valence-electron chi connectivity index (χ0n) is 10.8. The monoisotopic (exact) mass is 290 g/mol. The van der Waals surface area contributed by atoms with E-state index in [4.69, 9.17) is 9.84 Å². The number of rotatable bonds is 5. The van der Waals surface area contributed by atoms with E-state index in [2.05, 4.69) is 4.74 Å². The molecule has 0 aliphatic carbocycles. The Labute approximate surface area is 113 Å². The van der Waals surface area contributed by atoms with Gasteiger partial charge in [-0.15, -0.1) is 13.2 Å². The largest absolute Gasteiger partial charge is 0.573 e. The van der Waals surface area contributed by atoms with Crippen LogP contribution in [0.5, 0.6) is 11.5 Å². The Morgan fingerprint density at radius 1 is 1.30 bits per heavy atom. The van der Waals surface area contributed by atoms with Crippen molar-refractivity contribution in [1.29, 1.82) is 0 Å². The number of methoxy groups -OCH3 is 1. The van der Waals surface area contributed by atoms with Crippen molar-refractivity contribution in [2.75, 3.05) is 7.11 Å². The molecule has 0 saturated carbocycles. The molecule has 0 bridgehead atoms. The van der Waals surface area contributed by atoms with Crippen LogP contribution in [-0.4, -0.2) is 24.5 Å². The molecule has 0 saturated heterocycles. The summed E-state index contributed by atoms with van der Waals surface area (Å²) < 4.78 is 45.2. The van der Waals surface area contributed by atoms with Crippen molar-refractivity contribution in [2.45, 2.75) is 19.7 Å². The van der Waals surface area contributed by atoms with Crippen LogP contribution in [0.15, 0.2) is 23.8 Å². The van der Waals surface area contributed by atoms with Gasteiger partial charge >= 0.3 is 12.3 Å². The van der Waals surface area contributed by atoms with Crippen LogP contribution in [0.2, 0.25) is 0 Å². The first kappa shape index (κ1) is 15.9. The van der Waals surface area contributed by atoms with Gasteiger partial charge in [0.15, 0.2) is 0 Å². The van der Waals surface area contributed by atoms with E-state index in [1.165, 1.54) is 19.3 Å². The van der Waals surface area contributed by atoms with Crippen molar-refractivity contribution in [3.05, 3.63) is 29.3 Å². The van der Waals surface area contributed by atoms with Gasteiger partial charge in [-0.05, 0) is 30.2 Å². The average Bonchev–Trinajstić information content (AvgIpc) is 2.33. The second-order valence-corrected chi connectivity index (χ2v) is 3.82. The molecule has 0 unspecified atom stereocenters. The van der Waals surface area contributed by atoms with Gasteiger partial charge in [-0.1, -0.05) is 6.92 Å². The van der Waals surface area contributed by atoms with E-state index in [-0.39, 0.29) is 23.3 Å². The van der Waals surface area contributed by atoms with Crippen LogP contribution >= 0.6 is 0 Å². The van der Waals surface area contributed by atoms with Gasteiger partial charge in [-0.25, -0.2) is 4.79 Å². The highest BCUT2D eigenvalue weighted by Crippen LogP contribution is 2.29. The Balaban J connectivity index is 3.20. The topological polar surface area (TPSA) is 55.8 Å². The molecule has 0 atom stereocenters. The molecule has 0 amide bonds. The third kappa shape index (κ3) is 4.83. The fourth-order valence-electron chi connectivity index (χ4n) is 1.50. The van der Waals surface area contributed by atoms with Gasteiger partial charge in [0.2, 0.25) is 0 Å². The summed E-state index contributed by atoms with van der Waals surface area (Å²) >= 11 is 0. The summed E-state index contributed by atoms with van der Waals surface area (Å²) in [5.74, 6) is -1.46. The van der Waals surface area contributed by atoms with Crippen LogP contribution < -0.4 is 9.47 Å². The molecule has 20 heavy (non-hydrogen) atoms. The fourth-order valence-corrected chi connectivity index (χ4v) is 1.50. The molecule has 0 radical (unpaired) electrons. The summed E-state index contributed by atoms with van der Waals surface area (Å²) in [4.78, 5) is 10.9. The second-order valence-electron chi connectivity index (χ2n) is 3.82.